The van der Waals surface area contributed by atoms with Crippen LogP contribution in [0.2, 0.25) is 0 Å². The van der Waals surface area contributed by atoms with Crippen LogP contribution < -0.4 is 5.32 Å². The van der Waals surface area contributed by atoms with Crippen LogP contribution >= 0.6 is 11.8 Å². The summed E-state index contributed by atoms with van der Waals surface area (Å²) in [6.45, 7) is 0.335. The van der Waals surface area contributed by atoms with Crippen molar-refractivity contribution in [2.45, 2.75) is 25.1 Å². The first-order valence-corrected chi connectivity index (χ1v) is 6.20. The Morgan fingerprint density at radius 1 is 1.40 bits per heavy atom. The molecule has 1 N–H and O–H groups in total. The number of halogens is 3. The van der Waals surface area contributed by atoms with Crippen molar-refractivity contribution in [2.24, 2.45) is 0 Å². The van der Waals surface area contributed by atoms with E-state index in [1.54, 1.807) is 11.8 Å². The normalized spacial score (nSPS) is 22.2. The molecular formula is C9H16F3NOS. The third kappa shape index (κ3) is 7.03. The van der Waals surface area contributed by atoms with Crippen molar-refractivity contribution in [2.75, 3.05) is 31.2 Å². The van der Waals surface area contributed by atoms with Crippen LogP contribution in [0, 0.1) is 0 Å². The lowest BCUT2D eigenvalue weighted by Crippen LogP contribution is -2.30. The maximum absolute atomic E-state index is 11.7. The lowest BCUT2D eigenvalue weighted by Gasteiger charge is -2.10. The van der Waals surface area contributed by atoms with Gasteiger partial charge in [-0.3, -0.25) is 0 Å². The van der Waals surface area contributed by atoms with Crippen molar-refractivity contribution in [3.05, 3.63) is 0 Å². The summed E-state index contributed by atoms with van der Waals surface area (Å²) in [5.74, 6) is 1.60. The van der Waals surface area contributed by atoms with Crippen LogP contribution in [0.4, 0.5) is 13.2 Å². The van der Waals surface area contributed by atoms with E-state index >= 15 is 0 Å². The van der Waals surface area contributed by atoms with Crippen LogP contribution in [0.15, 0.2) is 0 Å². The Morgan fingerprint density at radius 3 is 2.80 bits per heavy atom. The molecule has 0 aromatic carbocycles. The summed E-state index contributed by atoms with van der Waals surface area (Å²) < 4.78 is 40.6. The summed E-state index contributed by atoms with van der Waals surface area (Å²) >= 11 is 1.65. The minimum Gasteiger partial charge on any atom is -0.377 e. The predicted octanol–water partition coefficient (Wildman–Crippen LogP) is 2.05. The van der Waals surface area contributed by atoms with Gasteiger partial charge in [0.1, 0.15) is 0 Å². The fourth-order valence-corrected chi connectivity index (χ4v) is 2.35. The molecule has 1 atom stereocenters. The van der Waals surface area contributed by atoms with E-state index in [2.05, 4.69) is 5.32 Å². The molecule has 0 radical (unpaired) electrons. The van der Waals surface area contributed by atoms with E-state index in [1.165, 1.54) is 0 Å². The Hall–Kier alpha value is 0.0600. The van der Waals surface area contributed by atoms with Gasteiger partial charge < -0.3 is 10.1 Å². The molecule has 1 heterocycles. The van der Waals surface area contributed by atoms with Gasteiger partial charge in [0.25, 0.3) is 0 Å². The summed E-state index contributed by atoms with van der Waals surface area (Å²) in [5.41, 5.74) is 0. The first kappa shape index (κ1) is 13.1. The molecule has 1 saturated heterocycles. The fourth-order valence-electron chi connectivity index (χ4n) is 1.37. The Kier molecular flexibility index (Phi) is 5.78. The molecule has 1 unspecified atom stereocenters. The van der Waals surface area contributed by atoms with E-state index in [0.717, 1.165) is 25.2 Å². The van der Waals surface area contributed by atoms with Crippen LogP contribution in [0.5, 0.6) is 0 Å². The van der Waals surface area contributed by atoms with E-state index in [1.807, 2.05) is 0 Å². The molecule has 0 saturated carbocycles. The standard InChI is InChI=1S/C9H16F3NOS/c10-9(11,12)7-13-3-5-15-6-8-2-1-4-14-8/h8,13H,1-7H2. The van der Waals surface area contributed by atoms with Gasteiger partial charge in [-0.05, 0) is 12.8 Å². The van der Waals surface area contributed by atoms with Crippen molar-refractivity contribution in [1.82, 2.24) is 5.32 Å². The molecule has 1 fully saturated rings. The minimum atomic E-state index is -4.10. The number of ether oxygens (including phenoxy) is 1. The number of alkyl halides is 3. The molecule has 2 nitrogen and oxygen atoms in total. The quantitative estimate of drug-likeness (QED) is 0.721. The van der Waals surface area contributed by atoms with Crippen LogP contribution in [0.3, 0.4) is 0 Å². The first-order chi connectivity index (χ1) is 7.08. The second-order valence-electron chi connectivity index (χ2n) is 3.50. The van der Waals surface area contributed by atoms with Gasteiger partial charge in [0.2, 0.25) is 0 Å². The molecule has 1 rings (SSSR count). The lowest BCUT2D eigenvalue weighted by molar-refractivity contribution is -0.124. The number of hydrogen-bond acceptors (Lipinski definition) is 3. The summed E-state index contributed by atoms with van der Waals surface area (Å²) in [7, 11) is 0. The van der Waals surface area contributed by atoms with Crippen molar-refractivity contribution >= 4 is 11.8 Å². The zero-order chi connectivity index (χ0) is 11.1. The molecule has 0 aliphatic carbocycles. The molecule has 1 aliphatic heterocycles. The third-order valence-corrected chi connectivity index (χ3v) is 3.18. The molecule has 0 aromatic rings. The molecule has 0 spiro atoms. The Bertz CT molecular complexity index is 171. The monoisotopic (exact) mass is 243 g/mol. The second kappa shape index (κ2) is 6.60. The Morgan fingerprint density at radius 2 is 2.20 bits per heavy atom. The van der Waals surface area contributed by atoms with Gasteiger partial charge in [-0.25, -0.2) is 0 Å². The molecule has 0 amide bonds. The topological polar surface area (TPSA) is 21.3 Å². The summed E-state index contributed by atoms with van der Waals surface area (Å²) in [5, 5.41) is 2.36. The van der Waals surface area contributed by atoms with Gasteiger partial charge in [0.05, 0.1) is 12.6 Å². The zero-order valence-corrected chi connectivity index (χ0v) is 9.29. The largest absolute Gasteiger partial charge is 0.401 e. The number of thioether (sulfide) groups is 1. The smallest absolute Gasteiger partial charge is 0.377 e. The van der Waals surface area contributed by atoms with E-state index in [9.17, 15) is 13.2 Å². The van der Waals surface area contributed by atoms with Crippen molar-refractivity contribution in [1.29, 1.82) is 0 Å². The van der Waals surface area contributed by atoms with Crippen molar-refractivity contribution < 1.29 is 17.9 Å². The number of rotatable bonds is 6. The summed E-state index contributed by atoms with van der Waals surface area (Å²) in [6.07, 6.45) is -1.59. The molecule has 0 bridgehead atoms. The van der Waals surface area contributed by atoms with Crippen molar-refractivity contribution in [3.63, 3.8) is 0 Å². The van der Waals surface area contributed by atoms with Crippen LogP contribution in [0.25, 0.3) is 0 Å². The maximum atomic E-state index is 11.7. The molecule has 15 heavy (non-hydrogen) atoms. The highest BCUT2D eigenvalue weighted by atomic mass is 32.2. The number of nitrogens with one attached hydrogen (secondary N) is 1. The van der Waals surface area contributed by atoms with Crippen LogP contribution in [-0.2, 0) is 4.74 Å². The van der Waals surface area contributed by atoms with E-state index in [-0.39, 0.29) is 0 Å². The van der Waals surface area contributed by atoms with E-state index in [0.29, 0.717) is 18.4 Å². The van der Waals surface area contributed by atoms with E-state index in [4.69, 9.17) is 4.74 Å². The van der Waals surface area contributed by atoms with Crippen molar-refractivity contribution in [3.8, 4) is 0 Å². The van der Waals surface area contributed by atoms with E-state index < -0.39 is 12.7 Å². The van der Waals surface area contributed by atoms with Gasteiger partial charge in [0, 0.05) is 24.7 Å². The molecule has 0 aromatic heterocycles. The zero-order valence-electron chi connectivity index (χ0n) is 8.48. The van der Waals surface area contributed by atoms with Gasteiger partial charge in [-0.15, -0.1) is 0 Å². The summed E-state index contributed by atoms with van der Waals surface area (Å²) in [4.78, 5) is 0. The number of hydrogen-bond donors (Lipinski definition) is 1. The predicted molar refractivity (Wildman–Crippen MR) is 55.2 cm³/mol. The second-order valence-corrected chi connectivity index (χ2v) is 4.65. The lowest BCUT2D eigenvalue weighted by atomic mass is 10.3. The van der Waals surface area contributed by atoms with Gasteiger partial charge in [-0.2, -0.15) is 24.9 Å². The van der Waals surface area contributed by atoms with Gasteiger partial charge >= 0.3 is 6.18 Å². The average molecular weight is 243 g/mol. The van der Waals surface area contributed by atoms with Crippen LogP contribution in [-0.4, -0.2) is 43.5 Å². The Labute approximate surface area is 91.9 Å². The molecule has 90 valence electrons. The average Bonchev–Trinajstić information content (AvgIpc) is 2.61. The minimum absolute atomic E-state index is 0.317. The molecule has 1 aliphatic rings. The van der Waals surface area contributed by atoms with Gasteiger partial charge in [-0.1, -0.05) is 0 Å². The molecule has 6 heteroatoms. The Balaban J connectivity index is 1.84. The fraction of sp³-hybridized carbons (Fsp3) is 1.00. The highest BCUT2D eigenvalue weighted by molar-refractivity contribution is 7.99. The highest BCUT2D eigenvalue weighted by Crippen LogP contribution is 2.16. The first-order valence-electron chi connectivity index (χ1n) is 5.05. The summed E-state index contributed by atoms with van der Waals surface area (Å²) in [6, 6.07) is 0. The maximum Gasteiger partial charge on any atom is 0.401 e. The highest BCUT2D eigenvalue weighted by Gasteiger charge is 2.25. The molecular weight excluding hydrogens is 227 g/mol. The third-order valence-electron chi connectivity index (χ3n) is 2.08. The SMILES string of the molecule is FC(F)(F)CNCCSCC1CCCO1. The van der Waals surface area contributed by atoms with Gasteiger partial charge in [0.15, 0.2) is 0 Å². The van der Waals surface area contributed by atoms with Crippen LogP contribution in [0.1, 0.15) is 12.8 Å².